The van der Waals surface area contributed by atoms with Gasteiger partial charge in [0.05, 0.1) is 25.6 Å². The Kier molecular flexibility index (Phi) is 8.09. The minimum Gasteiger partial charge on any atom is -0.469 e. The molecule has 0 saturated carbocycles. The van der Waals surface area contributed by atoms with Crippen LogP contribution in [0.4, 0.5) is 0 Å². The summed E-state index contributed by atoms with van der Waals surface area (Å²) in [5.74, 6) is -0.778. The van der Waals surface area contributed by atoms with E-state index in [0.29, 0.717) is 13.0 Å². The molecular formula is C17H28O4. The van der Waals surface area contributed by atoms with Gasteiger partial charge in [0.2, 0.25) is 0 Å². The summed E-state index contributed by atoms with van der Waals surface area (Å²) < 4.78 is 10.1. The number of hydrogen-bond donors (Lipinski definition) is 0. The van der Waals surface area contributed by atoms with Crippen LogP contribution in [-0.2, 0) is 19.1 Å². The van der Waals surface area contributed by atoms with Gasteiger partial charge < -0.3 is 9.47 Å². The molecule has 0 fully saturated rings. The molecule has 1 rings (SSSR count). The molecule has 1 aliphatic carbocycles. The molecule has 0 spiro atoms. The van der Waals surface area contributed by atoms with Crippen molar-refractivity contribution in [1.29, 1.82) is 0 Å². The first-order valence-electron chi connectivity index (χ1n) is 7.97. The lowest BCUT2D eigenvalue weighted by Gasteiger charge is -2.23. The summed E-state index contributed by atoms with van der Waals surface area (Å²) in [5.41, 5.74) is 0. The molecule has 0 heterocycles. The van der Waals surface area contributed by atoms with E-state index < -0.39 is 11.8 Å². The highest BCUT2D eigenvalue weighted by Crippen LogP contribution is 2.27. The van der Waals surface area contributed by atoms with Gasteiger partial charge in [-0.05, 0) is 25.2 Å². The smallest absolute Gasteiger partial charge is 0.313 e. The van der Waals surface area contributed by atoms with Crippen molar-refractivity contribution in [2.45, 2.75) is 52.4 Å². The average molecular weight is 296 g/mol. The van der Waals surface area contributed by atoms with Crippen molar-refractivity contribution in [2.75, 3.05) is 13.7 Å². The van der Waals surface area contributed by atoms with E-state index in [1.54, 1.807) is 6.08 Å². The predicted molar refractivity (Wildman–Crippen MR) is 81.6 cm³/mol. The van der Waals surface area contributed by atoms with Crippen molar-refractivity contribution >= 4 is 11.9 Å². The van der Waals surface area contributed by atoms with Crippen LogP contribution in [0.2, 0.25) is 0 Å². The predicted octanol–water partition coefficient (Wildman–Crippen LogP) is 3.50. The highest BCUT2D eigenvalue weighted by atomic mass is 16.5. The minimum absolute atomic E-state index is 0.301. The number of methoxy groups -OCH3 is 1. The molecule has 4 heteroatoms. The maximum absolute atomic E-state index is 12.1. The second-order valence-corrected chi connectivity index (χ2v) is 6.07. The van der Waals surface area contributed by atoms with Gasteiger partial charge in [0.15, 0.2) is 0 Å². The van der Waals surface area contributed by atoms with Crippen LogP contribution in [0.3, 0.4) is 0 Å². The molecule has 4 nitrogen and oxygen atoms in total. The first-order chi connectivity index (χ1) is 10.1. The molecule has 0 aliphatic heterocycles. The molecule has 2 unspecified atom stereocenters. The third-order valence-corrected chi connectivity index (χ3v) is 3.87. The normalized spacial score (nSPS) is 21.3. The van der Waals surface area contributed by atoms with Gasteiger partial charge in [0.1, 0.15) is 0 Å². The maximum atomic E-state index is 12.1. The summed E-state index contributed by atoms with van der Waals surface area (Å²) in [5, 5.41) is 0. The highest BCUT2D eigenvalue weighted by Gasteiger charge is 2.35. The van der Waals surface area contributed by atoms with Crippen LogP contribution in [0.15, 0.2) is 12.2 Å². The number of allylic oxidation sites excluding steroid dienone is 1. The summed E-state index contributed by atoms with van der Waals surface area (Å²) in [7, 11) is 1.36. The number of carbonyl (C=O) groups excluding carboxylic acids is 2. The van der Waals surface area contributed by atoms with E-state index in [0.717, 1.165) is 25.2 Å². The van der Waals surface area contributed by atoms with E-state index in [1.165, 1.54) is 20.0 Å². The van der Waals surface area contributed by atoms with Gasteiger partial charge in [-0.2, -0.15) is 0 Å². The minimum atomic E-state index is -0.484. The summed E-state index contributed by atoms with van der Waals surface area (Å²) in [6.07, 6.45) is 9.52. The van der Waals surface area contributed by atoms with Gasteiger partial charge in [-0.25, -0.2) is 0 Å². The molecule has 0 radical (unpaired) electrons. The standard InChI is InChI=1S/C17H28O4/c1-13(2)9-5-4-8-12-21-17(19)15-11-7-6-10-14(15)16(18)20-3/h7,11,13-15H,4-6,8-10,12H2,1-3H3. The van der Waals surface area contributed by atoms with Crippen molar-refractivity contribution in [3.8, 4) is 0 Å². The monoisotopic (exact) mass is 296 g/mol. The third kappa shape index (κ3) is 6.32. The Morgan fingerprint density at radius 3 is 2.62 bits per heavy atom. The van der Waals surface area contributed by atoms with Crippen LogP contribution in [0, 0.1) is 17.8 Å². The Balaban J connectivity index is 2.31. The van der Waals surface area contributed by atoms with E-state index in [9.17, 15) is 9.59 Å². The van der Waals surface area contributed by atoms with E-state index in [1.807, 2.05) is 6.08 Å². The van der Waals surface area contributed by atoms with Crippen LogP contribution in [0.1, 0.15) is 52.4 Å². The zero-order valence-corrected chi connectivity index (χ0v) is 13.5. The molecule has 0 bridgehead atoms. The number of unbranched alkanes of at least 4 members (excludes halogenated alkanes) is 2. The largest absolute Gasteiger partial charge is 0.469 e. The molecule has 21 heavy (non-hydrogen) atoms. The fourth-order valence-corrected chi connectivity index (χ4v) is 2.59. The van der Waals surface area contributed by atoms with E-state index in [2.05, 4.69) is 13.8 Å². The Labute approximate surface area is 127 Å². The van der Waals surface area contributed by atoms with Crippen LogP contribution in [0.5, 0.6) is 0 Å². The number of esters is 2. The molecule has 120 valence electrons. The third-order valence-electron chi connectivity index (χ3n) is 3.87. The van der Waals surface area contributed by atoms with Crippen LogP contribution in [0.25, 0.3) is 0 Å². The van der Waals surface area contributed by atoms with Gasteiger partial charge in [-0.15, -0.1) is 0 Å². The lowest BCUT2D eigenvalue weighted by molar-refractivity contribution is -0.157. The first-order valence-corrected chi connectivity index (χ1v) is 7.97. The second-order valence-electron chi connectivity index (χ2n) is 6.07. The fraction of sp³-hybridized carbons (Fsp3) is 0.765. The van der Waals surface area contributed by atoms with Gasteiger partial charge >= 0.3 is 11.9 Å². The van der Waals surface area contributed by atoms with Gasteiger partial charge in [-0.3, -0.25) is 9.59 Å². The van der Waals surface area contributed by atoms with Crippen LogP contribution >= 0.6 is 0 Å². The van der Waals surface area contributed by atoms with Crippen molar-refractivity contribution in [1.82, 2.24) is 0 Å². The zero-order valence-electron chi connectivity index (χ0n) is 13.5. The first kappa shape index (κ1) is 17.7. The van der Waals surface area contributed by atoms with Crippen LogP contribution in [-0.4, -0.2) is 25.7 Å². The Morgan fingerprint density at radius 2 is 1.95 bits per heavy atom. The summed E-state index contributed by atoms with van der Waals surface area (Å²) >= 11 is 0. The number of ether oxygens (including phenoxy) is 2. The van der Waals surface area contributed by atoms with Gasteiger partial charge in [-0.1, -0.05) is 45.3 Å². The van der Waals surface area contributed by atoms with Gasteiger partial charge in [0, 0.05) is 0 Å². The molecule has 1 aliphatic rings. The quantitative estimate of drug-likeness (QED) is 0.391. The molecular weight excluding hydrogens is 268 g/mol. The van der Waals surface area contributed by atoms with Crippen molar-refractivity contribution < 1.29 is 19.1 Å². The molecule has 0 saturated heterocycles. The summed E-state index contributed by atoms with van der Waals surface area (Å²) in [6, 6.07) is 0. The van der Waals surface area contributed by atoms with Crippen LogP contribution < -0.4 is 0 Å². The van der Waals surface area contributed by atoms with E-state index in [-0.39, 0.29) is 11.9 Å². The van der Waals surface area contributed by atoms with Crippen molar-refractivity contribution in [3.05, 3.63) is 12.2 Å². The van der Waals surface area contributed by atoms with Crippen molar-refractivity contribution in [2.24, 2.45) is 17.8 Å². The zero-order chi connectivity index (χ0) is 15.7. The number of rotatable bonds is 8. The topological polar surface area (TPSA) is 52.6 Å². The highest BCUT2D eigenvalue weighted by molar-refractivity contribution is 5.83. The maximum Gasteiger partial charge on any atom is 0.313 e. The molecule has 2 atom stereocenters. The molecule has 0 amide bonds. The summed E-state index contributed by atoms with van der Waals surface area (Å²) in [4.78, 5) is 23.8. The molecule has 0 N–H and O–H groups in total. The fourth-order valence-electron chi connectivity index (χ4n) is 2.59. The second kappa shape index (κ2) is 9.59. The Hall–Kier alpha value is -1.32. The SMILES string of the molecule is COC(=O)C1CCC=CC1C(=O)OCCCCCC(C)C. The lowest BCUT2D eigenvalue weighted by Crippen LogP contribution is -2.32. The summed E-state index contributed by atoms with van der Waals surface area (Å²) in [6.45, 7) is 4.86. The van der Waals surface area contributed by atoms with Gasteiger partial charge in [0.25, 0.3) is 0 Å². The molecule has 0 aromatic rings. The molecule has 0 aromatic carbocycles. The Morgan fingerprint density at radius 1 is 1.19 bits per heavy atom. The van der Waals surface area contributed by atoms with E-state index >= 15 is 0 Å². The van der Waals surface area contributed by atoms with Crippen molar-refractivity contribution in [3.63, 3.8) is 0 Å². The average Bonchev–Trinajstić information content (AvgIpc) is 2.49. The lowest BCUT2D eigenvalue weighted by atomic mass is 9.84. The van der Waals surface area contributed by atoms with E-state index in [4.69, 9.17) is 9.47 Å². The number of carbonyl (C=O) groups is 2. The number of hydrogen-bond acceptors (Lipinski definition) is 4. The Bertz CT molecular complexity index is 360. The molecule has 0 aromatic heterocycles.